The minimum atomic E-state index is 0.902. The highest BCUT2D eigenvalue weighted by molar-refractivity contribution is 9.10. The zero-order valence-corrected chi connectivity index (χ0v) is 13.6. The minimum Gasteiger partial charge on any atom is -0.370 e. The van der Waals surface area contributed by atoms with Crippen LogP contribution in [-0.2, 0) is 6.42 Å². The number of nitrogens with zero attached hydrogens (tertiary/aromatic N) is 2. The molecule has 2 rings (SSSR count). The molecule has 20 heavy (non-hydrogen) atoms. The van der Waals surface area contributed by atoms with Crippen LogP contribution in [0.25, 0.3) is 11.3 Å². The Hall–Kier alpha value is -1.42. The lowest BCUT2D eigenvalue weighted by Gasteiger charge is -2.10. The fourth-order valence-corrected chi connectivity index (χ4v) is 2.47. The van der Waals surface area contributed by atoms with Crippen LogP contribution in [0.5, 0.6) is 0 Å². The van der Waals surface area contributed by atoms with Crippen LogP contribution in [0.1, 0.15) is 32.5 Å². The molecule has 0 saturated heterocycles. The van der Waals surface area contributed by atoms with E-state index in [2.05, 4.69) is 51.1 Å². The molecule has 1 aromatic heterocycles. The van der Waals surface area contributed by atoms with E-state index in [0.717, 1.165) is 53.2 Å². The van der Waals surface area contributed by atoms with E-state index in [1.165, 1.54) is 0 Å². The Kier molecular flexibility index (Phi) is 5.53. The maximum Gasteiger partial charge on any atom is 0.131 e. The topological polar surface area (TPSA) is 37.8 Å². The van der Waals surface area contributed by atoms with Gasteiger partial charge in [-0.1, -0.05) is 48.0 Å². The number of hydrogen-bond acceptors (Lipinski definition) is 3. The summed E-state index contributed by atoms with van der Waals surface area (Å²) in [7, 11) is 0. The average Bonchev–Trinajstić information content (AvgIpc) is 2.46. The fourth-order valence-electron chi connectivity index (χ4n) is 1.98. The normalized spacial score (nSPS) is 10.6. The molecule has 0 fully saturated rings. The Morgan fingerprint density at radius 1 is 1.10 bits per heavy atom. The predicted octanol–water partition coefficient (Wildman–Crippen LogP) is 4.68. The number of aryl methyl sites for hydroxylation is 1. The van der Waals surface area contributed by atoms with E-state index < -0.39 is 0 Å². The van der Waals surface area contributed by atoms with E-state index in [0.29, 0.717) is 0 Å². The first-order valence-electron chi connectivity index (χ1n) is 7.11. The van der Waals surface area contributed by atoms with Crippen LogP contribution in [0, 0.1) is 0 Å². The lowest BCUT2D eigenvalue weighted by Crippen LogP contribution is -2.06. The first kappa shape index (κ1) is 15.0. The monoisotopic (exact) mass is 333 g/mol. The number of nitrogens with one attached hydrogen (secondary N) is 1. The summed E-state index contributed by atoms with van der Waals surface area (Å²) in [5, 5.41) is 3.36. The summed E-state index contributed by atoms with van der Waals surface area (Å²) >= 11 is 3.59. The molecule has 0 atom stereocenters. The van der Waals surface area contributed by atoms with E-state index >= 15 is 0 Å². The van der Waals surface area contributed by atoms with Crippen LogP contribution in [-0.4, -0.2) is 16.5 Å². The maximum atomic E-state index is 4.68. The van der Waals surface area contributed by atoms with Crippen LogP contribution in [0.4, 0.5) is 5.82 Å². The van der Waals surface area contributed by atoms with Gasteiger partial charge < -0.3 is 5.32 Å². The summed E-state index contributed by atoms with van der Waals surface area (Å²) in [5.41, 5.74) is 2.07. The molecular weight excluding hydrogens is 314 g/mol. The van der Waals surface area contributed by atoms with Crippen molar-refractivity contribution in [2.24, 2.45) is 0 Å². The highest BCUT2D eigenvalue weighted by atomic mass is 79.9. The third kappa shape index (κ3) is 3.79. The van der Waals surface area contributed by atoms with Crippen LogP contribution < -0.4 is 5.32 Å². The molecule has 0 radical (unpaired) electrons. The van der Waals surface area contributed by atoms with Gasteiger partial charge in [-0.3, -0.25) is 0 Å². The van der Waals surface area contributed by atoms with Gasteiger partial charge in [-0.05, 0) is 18.9 Å². The lowest BCUT2D eigenvalue weighted by atomic mass is 10.1. The van der Waals surface area contributed by atoms with Gasteiger partial charge in [0, 0.05) is 29.1 Å². The molecule has 0 spiro atoms. The van der Waals surface area contributed by atoms with Crippen molar-refractivity contribution < 1.29 is 0 Å². The molecule has 3 nitrogen and oxygen atoms in total. The SMILES string of the molecule is CCCNc1cc(-c2ccccc2Br)nc(CCC)n1. The van der Waals surface area contributed by atoms with Gasteiger partial charge in [0.15, 0.2) is 0 Å². The quantitative estimate of drug-likeness (QED) is 0.833. The van der Waals surface area contributed by atoms with Gasteiger partial charge in [0.05, 0.1) is 5.69 Å². The number of benzene rings is 1. The predicted molar refractivity (Wildman–Crippen MR) is 87.9 cm³/mol. The second kappa shape index (κ2) is 7.39. The molecule has 2 aromatic rings. The summed E-state index contributed by atoms with van der Waals surface area (Å²) in [6.45, 7) is 5.22. The van der Waals surface area contributed by atoms with E-state index in [1.807, 2.05) is 24.3 Å². The van der Waals surface area contributed by atoms with Crippen molar-refractivity contribution in [3.05, 3.63) is 40.6 Å². The molecule has 0 unspecified atom stereocenters. The van der Waals surface area contributed by atoms with E-state index in [1.54, 1.807) is 0 Å². The smallest absolute Gasteiger partial charge is 0.131 e. The summed E-state index contributed by atoms with van der Waals surface area (Å²) in [4.78, 5) is 9.26. The number of aromatic nitrogens is 2. The van der Waals surface area contributed by atoms with Gasteiger partial charge >= 0.3 is 0 Å². The van der Waals surface area contributed by atoms with Crippen LogP contribution >= 0.6 is 15.9 Å². The second-order valence-corrected chi connectivity index (χ2v) is 5.57. The highest BCUT2D eigenvalue weighted by Gasteiger charge is 2.08. The molecule has 1 N–H and O–H groups in total. The van der Waals surface area contributed by atoms with Crippen molar-refractivity contribution in [3.63, 3.8) is 0 Å². The molecular formula is C16H20BrN3. The summed E-state index contributed by atoms with van der Waals surface area (Å²) in [5.74, 6) is 1.82. The van der Waals surface area contributed by atoms with Gasteiger partial charge in [0.25, 0.3) is 0 Å². The molecule has 0 aliphatic carbocycles. The lowest BCUT2D eigenvalue weighted by molar-refractivity contribution is 0.834. The maximum absolute atomic E-state index is 4.68. The van der Waals surface area contributed by atoms with Gasteiger partial charge in [0.1, 0.15) is 11.6 Å². The Balaban J connectivity index is 2.40. The van der Waals surface area contributed by atoms with Gasteiger partial charge in [-0.25, -0.2) is 9.97 Å². The summed E-state index contributed by atoms with van der Waals surface area (Å²) in [6.07, 6.45) is 3.03. The van der Waals surface area contributed by atoms with Gasteiger partial charge in [0.2, 0.25) is 0 Å². The zero-order valence-electron chi connectivity index (χ0n) is 12.0. The Morgan fingerprint density at radius 2 is 1.90 bits per heavy atom. The molecule has 0 aliphatic heterocycles. The zero-order chi connectivity index (χ0) is 14.4. The van der Waals surface area contributed by atoms with Crippen molar-refractivity contribution in [2.45, 2.75) is 33.1 Å². The standard InChI is InChI=1S/C16H20BrN3/c1-3-7-15-19-14(11-16(20-15)18-10-4-2)12-8-5-6-9-13(12)17/h5-6,8-9,11H,3-4,7,10H2,1-2H3,(H,18,19,20). The molecule has 4 heteroatoms. The molecule has 106 valence electrons. The molecule has 0 bridgehead atoms. The highest BCUT2D eigenvalue weighted by Crippen LogP contribution is 2.27. The van der Waals surface area contributed by atoms with Crippen molar-refractivity contribution >= 4 is 21.7 Å². The first-order chi connectivity index (χ1) is 9.74. The minimum absolute atomic E-state index is 0.902. The average molecular weight is 334 g/mol. The molecule has 1 aromatic carbocycles. The second-order valence-electron chi connectivity index (χ2n) is 4.71. The number of halogens is 1. The third-order valence-corrected chi connectivity index (χ3v) is 3.64. The number of anilines is 1. The summed E-state index contributed by atoms with van der Waals surface area (Å²) < 4.78 is 1.06. The molecule has 1 heterocycles. The Bertz CT molecular complexity index is 569. The van der Waals surface area contributed by atoms with Crippen molar-refractivity contribution in [3.8, 4) is 11.3 Å². The van der Waals surface area contributed by atoms with Crippen molar-refractivity contribution in [1.82, 2.24) is 9.97 Å². The molecule has 0 aliphatic rings. The number of hydrogen-bond donors (Lipinski definition) is 1. The summed E-state index contributed by atoms with van der Waals surface area (Å²) in [6, 6.07) is 10.2. The Labute approximate surface area is 129 Å². The van der Waals surface area contributed by atoms with E-state index in [9.17, 15) is 0 Å². The third-order valence-electron chi connectivity index (χ3n) is 2.95. The molecule has 0 amide bonds. The van der Waals surface area contributed by atoms with E-state index in [-0.39, 0.29) is 0 Å². The largest absolute Gasteiger partial charge is 0.370 e. The first-order valence-corrected chi connectivity index (χ1v) is 7.90. The van der Waals surface area contributed by atoms with Crippen LogP contribution in [0.3, 0.4) is 0 Å². The van der Waals surface area contributed by atoms with Crippen molar-refractivity contribution in [1.29, 1.82) is 0 Å². The van der Waals surface area contributed by atoms with Crippen LogP contribution in [0.15, 0.2) is 34.8 Å². The van der Waals surface area contributed by atoms with Crippen molar-refractivity contribution in [2.75, 3.05) is 11.9 Å². The Morgan fingerprint density at radius 3 is 2.60 bits per heavy atom. The van der Waals surface area contributed by atoms with E-state index in [4.69, 9.17) is 0 Å². The molecule has 0 saturated carbocycles. The number of rotatable bonds is 6. The fraction of sp³-hybridized carbons (Fsp3) is 0.375. The van der Waals surface area contributed by atoms with Gasteiger partial charge in [-0.2, -0.15) is 0 Å². The van der Waals surface area contributed by atoms with Gasteiger partial charge in [-0.15, -0.1) is 0 Å². The van der Waals surface area contributed by atoms with Crippen LogP contribution in [0.2, 0.25) is 0 Å².